The summed E-state index contributed by atoms with van der Waals surface area (Å²) in [5.74, 6) is 0.511. The molecule has 2 amide bonds. The summed E-state index contributed by atoms with van der Waals surface area (Å²) in [5, 5.41) is 9.36. The standard InChI is InChI=1S/C28H34N8O2/c1-19(29)26(37)32-21-6-4-20(5-7-21)24-12-14-31-28(34-24)33-22-8-10-23(11-9-22)35-15-17-36(18-16-35)27(38)25-3-2-13-30-25/h4-12,14,19,25,30H,2-3,13,15-18,29H2,1H3,(H,32,37)(H,31,33,34). The zero-order valence-corrected chi connectivity index (χ0v) is 21.6. The molecule has 3 aromatic rings. The van der Waals surface area contributed by atoms with Crippen LogP contribution in [0.15, 0.2) is 60.8 Å². The third-order valence-electron chi connectivity index (χ3n) is 6.96. The molecule has 2 aliphatic heterocycles. The minimum atomic E-state index is -0.570. The topological polar surface area (TPSA) is 129 Å². The summed E-state index contributed by atoms with van der Waals surface area (Å²) in [4.78, 5) is 37.8. The summed E-state index contributed by atoms with van der Waals surface area (Å²) in [7, 11) is 0. The number of aromatic nitrogens is 2. The second-order valence-corrected chi connectivity index (χ2v) is 9.75. The fourth-order valence-corrected chi connectivity index (χ4v) is 4.75. The molecular formula is C28H34N8O2. The van der Waals surface area contributed by atoms with E-state index in [4.69, 9.17) is 5.73 Å². The molecule has 1 aromatic heterocycles. The highest BCUT2D eigenvalue weighted by Crippen LogP contribution is 2.24. The van der Waals surface area contributed by atoms with E-state index in [2.05, 4.69) is 43.0 Å². The van der Waals surface area contributed by atoms with E-state index in [1.54, 1.807) is 13.1 Å². The van der Waals surface area contributed by atoms with Gasteiger partial charge in [0.25, 0.3) is 0 Å². The molecule has 0 saturated carbocycles. The normalized spacial score (nSPS) is 18.2. The van der Waals surface area contributed by atoms with Crippen molar-refractivity contribution in [1.82, 2.24) is 20.2 Å². The Morgan fingerprint density at radius 1 is 1.00 bits per heavy atom. The number of benzene rings is 2. The number of hydrogen-bond donors (Lipinski definition) is 4. The molecule has 198 valence electrons. The molecule has 10 heteroatoms. The molecule has 2 unspecified atom stereocenters. The third-order valence-corrected chi connectivity index (χ3v) is 6.96. The lowest BCUT2D eigenvalue weighted by molar-refractivity contribution is -0.133. The van der Waals surface area contributed by atoms with E-state index in [9.17, 15) is 9.59 Å². The van der Waals surface area contributed by atoms with Crippen LogP contribution >= 0.6 is 0 Å². The molecule has 0 bridgehead atoms. The van der Waals surface area contributed by atoms with Gasteiger partial charge in [0.1, 0.15) is 0 Å². The molecule has 3 heterocycles. The number of nitrogens with one attached hydrogen (secondary N) is 3. The lowest BCUT2D eigenvalue weighted by atomic mass is 10.1. The molecule has 0 spiro atoms. The minimum Gasteiger partial charge on any atom is -0.368 e. The summed E-state index contributed by atoms with van der Waals surface area (Å²) in [5.41, 5.74) is 9.99. The van der Waals surface area contributed by atoms with Gasteiger partial charge in [0.2, 0.25) is 17.8 Å². The SMILES string of the molecule is CC(N)C(=O)Nc1ccc(-c2ccnc(Nc3ccc(N4CCN(C(=O)C5CCCN5)CC4)cc3)n2)cc1. The molecule has 2 aliphatic rings. The van der Waals surface area contributed by atoms with Gasteiger partial charge in [-0.05, 0) is 68.8 Å². The lowest BCUT2D eigenvalue weighted by Crippen LogP contribution is -2.53. The Morgan fingerprint density at radius 3 is 2.37 bits per heavy atom. The molecular weight excluding hydrogens is 480 g/mol. The second-order valence-electron chi connectivity index (χ2n) is 9.75. The van der Waals surface area contributed by atoms with Crippen molar-refractivity contribution in [3.05, 3.63) is 60.8 Å². The Kier molecular flexibility index (Phi) is 7.81. The van der Waals surface area contributed by atoms with Gasteiger partial charge in [-0.3, -0.25) is 9.59 Å². The molecule has 2 fully saturated rings. The number of anilines is 4. The summed E-state index contributed by atoms with van der Waals surface area (Å²) < 4.78 is 0. The van der Waals surface area contributed by atoms with Crippen molar-refractivity contribution in [3.63, 3.8) is 0 Å². The quantitative estimate of drug-likeness (QED) is 0.379. The Hall–Kier alpha value is -4.02. The number of piperazine rings is 1. The van der Waals surface area contributed by atoms with Gasteiger partial charge in [-0.15, -0.1) is 0 Å². The van der Waals surface area contributed by atoms with Crippen molar-refractivity contribution in [3.8, 4) is 11.3 Å². The molecule has 5 N–H and O–H groups in total. The number of amides is 2. The van der Waals surface area contributed by atoms with Crippen molar-refractivity contribution >= 4 is 34.8 Å². The maximum Gasteiger partial charge on any atom is 0.240 e. The van der Waals surface area contributed by atoms with Crippen LogP contribution in [0.4, 0.5) is 23.0 Å². The number of rotatable bonds is 7. The molecule has 2 saturated heterocycles. The van der Waals surface area contributed by atoms with Crippen LogP contribution in [-0.4, -0.2) is 71.5 Å². The minimum absolute atomic E-state index is 0.0000691. The zero-order valence-electron chi connectivity index (χ0n) is 21.6. The van der Waals surface area contributed by atoms with Crippen LogP contribution in [-0.2, 0) is 9.59 Å². The summed E-state index contributed by atoms with van der Waals surface area (Å²) in [6.07, 6.45) is 3.74. The van der Waals surface area contributed by atoms with E-state index in [-0.39, 0.29) is 17.9 Å². The van der Waals surface area contributed by atoms with Gasteiger partial charge in [-0.1, -0.05) is 12.1 Å². The Bertz CT molecular complexity index is 1250. The van der Waals surface area contributed by atoms with Crippen LogP contribution in [0.5, 0.6) is 0 Å². The predicted molar refractivity (Wildman–Crippen MR) is 149 cm³/mol. The fraction of sp³-hybridized carbons (Fsp3) is 0.357. The third kappa shape index (κ3) is 6.09. The van der Waals surface area contributed by atoms with Crippen molar-refractivity contribution in [1.29, 1.82) is 0 Å². The molecule has 5 rings (SSSR count). The Balaban J connectivity index is 1.17. The summed E-state index contributed by atoms with van der Waals surface area (Å²) in [6, 6.07) is 16.9. The average molecular weight is 515 g/mol. The highest BCUT2D eigenvalue weighted by molar-refractivity contribution is 5.94. The molecule has 0 radical (unpaired) electrons. The van der Waals surface area contributed by atoms with E-state index in [1.165, 1.54) is 0 Å². The van der Waals surface area contributed by atoms with Gasteiger partial charge in [0.15, 0.2) is 0 Å². The van der Waals surface area contributed by atoms with Crippen molar-refractivity contribution in [2.75, 3.05) is 48.3 Å². The van der Waals surface area contributed by atoms with Crippen molar-refractivity contribution in [2.45, 2.75) is 31.8 Å². The van der Waals surface area contributed by atoms with Gasteiger partial charge in [-0.2, -0.15) is 0 Å². The zero-order chi connectivity index (χ0) is 26.5. The summed E-state index contributed by atoms with van der Waals surface area (Å²) >= 11 is 0. The first-order chi connectivity index (χ1) is 18.5. The van der Waals surface area contributed by atoms with Crippen molar-refractivity contribution < 1.29 is 9.59 Å². The van der Waals surface area contributed by atoms with Crippen LogP contribution < -0.4 is 26.6 Å². The van der Waals surface area contributed by atoms with Crippen LogP contribution in [0.1, 0.15) is 19.8 Å². The molecule has 2 aromatic carbocycles. The number of carbonyl (C=O) groups excluding carboxylic acids is 2. The molecule has 0 aliphatic carbocycles. The predicted octanol–water partition coefficient (Wildman–Crippen LogP) is 2.57. The van der Waals surface area contributed by atoms with E-state index in [1.807, 2.05) is 47.4 Å². The highest BCUT2D eigenvalue weighted by Gasteiger charge is 2.29. The summed E-state index contributed by atoms with van der Waals surface area (Å²) in [6.45, 7) is 5.73. The van der Waals surface area contributed by atoms with Crippen LogP contribution in [0.2, 0.25) is 0 Å². The average Bonchev–Trinajstić information content (AvgIpc) is 3.49. The largest absolute Gasteiger partial charge is 0.368 e. The number of carbonyl (C=O) groups is 2. The first-order valence-corrected chi connectivity index (χ1v) is 13.1. The Morgan fingerprint density at radius 2 is 1.71 bits per heavy atom. The Labute approximate surface area is 222 Å². The molecule has 2 atom stereocenters. The van der Waals surface area contributed by atoms with Crippen molar-refractivity contribution in [2.24, 2.45) is 5.73 Å². The van der Waals surface area contributed by atoms with E-state index in [0.717, 1.165) is 68.2 Å². The van der Waals surface area contributed by atoms with Gasteiger partial charge in [0.05, 0.1) is 17.8 Å². The monoisotopic (exact) mass is 514 g/mol. The van der Waals surface area contributed by atoms with E-state index < -0.39 is 6.04 Å². The maximum atomic E-state index is 12.7. The fourth-order valence-electron chi connectivity index (χ4n) is 4.75. The van der Waals surface area contributed by atoms with E-state index >= 15 is 0 Å². The van der Waals surface area contributed by atoms with Gasteiger partial charge in [0, 0.05) is 55.0 Å². The van der Waals surface area contributed by atoms with Crippen LogP contribution in [0.25, 0.3) is 11.3 Å². The van der Waals surface area contributed by atoms with Crippen LogP contribution in [0.3, 0.4) is 0 Å². The second kappa shape index (κ2) is 11.6. The smallest absolute Gasteiger partial charge is 0.240 e. The molecule has 10 nitrogen and oxygen atoms in total. The number of nitrogens with zero attached hydrogens (tertiary/aromatic N) is 4. The van der Waals surface area contributed by atoms with Gasteiger partial charge < -0.3 is 31.5 Å². The molecule has 38 heavy (non-hydrogen) atoms. The highest BCUT2D eigenvalue weighted by atomic mass is 16.2. The first-order valence-electron chi connectivity index (χ1n) is 13.1. The first kappa shape index (κ1) is 25.6. The lowest BCUT2D eigenvalue weighted by Gasteiger charge is -2.37. The number of nitrogens with two attached hydrogens (primary N) is 1. The van der Waals surface area contributed by atoms with E-state index in [0.29, 0.717) is 11.6 Å². The maximum absolute atomic E-state index is 12.7. The number of hydrogen-bond acceptors (Lipinski definition) is 8. The van der Waals surface area contributed by atoms with Gasteiger partial charge >= 0.3 is 0 Å². The van der Waals surface area contributed by atoms with Crippen LogP contribution in [0, 0.1) is 0 Å². The van der Waals surface area contributed by atoms with Gasteiger partial charge in [-0.25, -0.2) is 9.97 Å².